The van der Waals surface area contributed by atoms with Gasteiger partial charge < -0.3 is 19.1 Å². The van der Waals surface area contributed by atoms with Crippen LogP contribution in [0.1, 0.15) is 4.88 Å². The average Bonchev–Trinajstić information content (AvgIpc) is 3.29. The van der Waals surface area contributed by atoms with Crippen molar-refractivity contribution in [2.75, 3.05) is 13.2 Å². The molecule has 126 valence electrons. The van der Waals surface area contributed by atoms with Crippen molar-refractivity contribution < 1.29 is 14.6 Å². The van der Waals surface area contributed by atoms with Gasteiger partial charge in [0.1, 0.15) is 19.0 Å². The van der Waals surface area contributed by atoms with Gasteiger partial charge in [-0.25, -0.2) is 4.98 Å². The molecule has 3 heterocycles. The van der Waals surface area contributed by atoms with Crippen molar-refractivity contribution in [3.63, 3.8) is 0 Å². The number of nitrogens with zero attached hydrogens (tertiary/aromatic N) is 2. The fourth-order valence-electron chi connectivity index (χ4n) is 2.71. The van der Waals surface area contributed by atoms with Crippen molar-refractivity contribution in [3.05, 3.63) is 53.7 Å². The third kappa shape index (κ3) is 3.38. The second-order valence-electron chi connectivity index (χ2n) is 5.52. The minimum absolute atomic E-state index is 0.0727. The van der Waals surface area contributed by atoms with Crippen LogP contribution in [0.3, 0.4) is 0 Å². The number of imidazole rings is 1. The fraction of sp³-hybridized carbons (Fsp3) is 0.211. The number of aliphatic hydroxyl groups excluding tert-OH is 1. The SMILES string of the molecule is OCC#Cc1ccc(-c2nccn2C[C@H]2COc3ccccc3O2)s1. The Balaban J connectivity index is 1.52. The Bertz CT molecular complexity index is 935. The maximum atomic E-state index is 8.80. The predicted molar refractivity (Wildman–Crippen MR) is 95.9 cm³/mol. The standard InChI is InChI=1S/C19H16N2O3S/c22-11-3-4-15-7-8-18(25-15)19-20-9-10-21(19)12-14-13-23-16-5-1-2-6-17(16)24-14/h1-2,5-10,14,22H,11-13H2/t14-/m0/s1. The van der Waals surface area contributed by atoms with Crippen LogP contribution < -0.4 is 9.47 Å². The number of aliphatic hydroxyl groups is 1. The topological polar surface area (TPSA) is 56.5 Å². The van der Waals surface area contributed by atoms with Gasteiger partial charge in [0.05, 0.1) is 16.3 Å². The third-order valence-electron chi connectivity index (χ3n) is 3.80. The summed E-state index contributed by atoms with van der Waals surface area (Å²) < 4.78 is 13.9. The zero-order valence-electron chi connectivity index (χ0n) is 13.4. The molecule has 6 heteroatoms. The molecule has 1 aromatic carbocycles. The first kappa shape index (κ1) is 15.8. The zero-order valence-corrected chi connectivity index (χ0v) is 14.2. The van der Waals surface area contributed by atoms with E-state index in [9.17, 15) is 0 Å². The molecule has 0 bridgehead atoms. The van der Waals surface area contributed by atoms with Gasteiger partial charge in [0.25, 0.3) is 0 Å². The largest absolute Gasteiger partial charge is 0.486 e. The molecule has 1 atom stereocenters. The fourth-order valence-corrected chi connectivity index (χ4v) is 3.60. The highest BCUT2D eigenvalue weighted by molar-refractivity contribution is 7.15. The molecule has 1 N–H and O–H groups in total. The van der Waals surface area contributed by atoms with Gasteiger partial charge in [0.15, 0.2) is 17.6 Å². The number of aromatic nitrogens is 2. The van der Waals surface area contributed by atoms with Gasteiger partial charge in [-0.05, 0) is 24.3 Å². The van der Waals surface area contributed by atoms with Crippen LogP contribution in [0.25, 0.3) is 10.7 Å². The van der Waals surface area contributed by atoms with Crippen LogP contribution in [-0.4, -0.2) is 34.0 Å². The summed E-state index contributed by atoms with van der Waals surface area (Å²) in [5, 5.41) is 8.80. The summed E-state index contributed by atoms with van der Waals surface area (Å²) in [6, 6.07) is 11.6. The molecule has 0 fully saturated rings. The van der Waals surface area contributed by atoms with E-state index in [0.717, 1.165) is 27.1 Å². The first-order valence-electron chi connectivity index (χ1n) is 7.93. The van der Waals surface area contributed by atoms with E-state index in [2.05, 4.69) is 21.4 Å². The molecular weight excluding hydrogens is 336 g/mol. The van der Waals surface area contributed by atoms with Crippen LogP contribution in [0.2, 0.25) is 0 Å². The number of hydrogen-bond donors (Lipinski definition) is 1. The molecule has 0 saturated heterocycles. The van der Waals surface area contributed by atoms with E-state index in [1.165, 1.54) is 0 Å². The lowest BCUT2D eigenvalue weighted by Gasteiger charge is -2.27. The van der Waals surface area contributed by atoms with E-state index in [1.807, 2.05) is 42.6 Å². The highest BCUT2D eigenvalue weighted by Gasteiger charge is 2.22. The Morgan fingerprint density at radius 2 is 2.12 bits per heavy atom. The Labute approximate surface area is 149 Å². The van der Waals surface area contributed by atoms with Crippen LogP contribution in [0.5, 0.6) is 11.5 Å². The molecule has 25 heavy (non-hydrogen) atoms. The average molecular weight is 352 g/mol. The molecule has 1 aliphatic heterocycles. The van der Waals surface area contributed by atoms with Crippen molar-refractivity contribution >= 4 is 11.3 Å². The maximum absolute atomic E-state index is 8.80. The number of fused-ring (bicyclic) bond motifs is 1. The Hall–Kier alpha value is -2.75. The van der Waals surface area contributed by atoms with Crippen molar-refractivity contribution in [1.82, 2.24) is 9.55 Å². The smallest absolute Gasteiger partial charge is 0.161 e. The summed E-state index contributed by atoms with van der Waals surface area (Å²) in [4.78, 5) is 6.41. The van der Waals surface area contributed by atoms with Gasteiger partial charge in [0.2, 0.25) is 0 Å². The van der Waals surface area contributed by atoms with E-state index >= 15 is 0 Å². The Morgan fingerprint density at radius 3 is 3.00 bits per heavy atom. The molecule has 2 aromatic heterocycles. The van der Waals surface area contributed by atoms with Crippen LogP contribution in [0.4, 0.5) is 0 Å². The highest BCUT2D eigenvalue weighted by atomic mass is 32.1. The monoisotopic (exact) mass is 352 g/mol. The van der Waals surface area contributed by atoms with Gasteiger partial charge in [-0.2, -0.15) is 0 Å². The van der Waals surface area contributed by atoms with E-state index < -0.39 is 0 Å². The summed E-state index contributed by atoms with van der Waals surface area (Å²) in [7, 11) is 0. The Kier molecular flexibility index (Phi) is 4.42. The molecule has 0 spiro atoms. The zero-order chi connectivity index (χ0) is 17.1. The van der Waals surface area contributed by atoms with Gasteiger partial charge in [-0.3, -0.25) is 0 Å². The minimum Gasteiger partial charge on any atom is -0.486 e. The van der Waals surface area contributed by atoms with E-state index in [4.69, 9.17) is 14.6 Å². The molecule has 0 unspecified atom stereocenters. The number of para-hydroxylation sites is 2. The lowest BCUT2D eigenvalue weighted by atomic mass is 10.2. The maximum Gasteiger partial charge on any atom is 0.161 e. The second-order valence-corrected chi connectivity index (χ2v) is 6.61. The van der Waals surface area contributed by atoms with Crippen molar-refractivity contribution in [1.29, 1.82) is 0 Å². The number of rotatable bonds is 3. The Morgan fingerprint density at radius 1 is 1.24 bits per heavy atom. The van der Waals surface area contributed by atoms with Crippen LogP contribution in [0.15, 0.2) is 48.8 Å². The predicted octanol–water partition coefficient (Wildman–Crippen LogP) is 2.80. The molecule has 0 radical (unpaired) electrons. The molecule has 5 nitrogen and oxygen atoms in total. The number of ether oxygens (including phenoxy) is 2. The van der Waals surface area contributed by atoms with E-state index in [-0.39, 0.29) is 12.7 Å². The molecular formula is C19H16N2O3S. The summed E-state index contributed by atoms with van der Waals surface area (Å²) in [5.74, 6) is 8.03. The van der Waals surface area contributed by atoms with Crippen LogP contribution in [-0.2, 0) is 6.54 Å². The first-order valence-corrected chi connectivity index (χ1v) is 8.74. The normalized spacial score (nSPS) is 15.5. The van der Waals surface area contributed by atoms with Gasteiger partial charge in [-0.1, -0.05) is 24.0 Å². The lowest BCUT2D eigenvalue weighted by molar-refractivity contribution is 0.0789. The highest BCUT2D eigenvalue weighted by Crippen LogP contribution is 2.32. The van der Waals surface area contributed by atoms with Crippen LogP contribution >= 0.6 is 11.3 Å². The molecule has 1 aliphatic rings. The molecule has 0 amide bonds. The summed E-state index contributed by atoms with van der Waals surface area (Å²) in [6.45, 7) is 1.02. The van der Waals surface area contributed by atoms with Crippen molar-refractivity contribution in [2.45, 2.75) is 12.6 Å². The second kappa shape index (κ2) is 7.01. The van der Waals surface area contributed by atoms with Gasteiger partial charge in [0, 0.05) is 12.4 Å². The quantitative estimate of drug-likeness (QED) is 0.737. The van der Waals surface area contributed by atoms with Crippen LogP contribution in [0, 0.1) is 11.8 Å². The number of thiophene rings is 1. The number of benzene rings is 1. The summed E-state index contributed by atoms with van der Waals surface area (Å²) in [6.07, 6.45) is 3.65. The number of hydrogen-bond acceptors (Lipinski definition) is 5. The van der Waals surface area contributed by atoms with Gasteiger partial charge in [-0.15, -0.1) is 11.3 Å². The molecule has 4 rings (SSSR count). The third-order valence-corrected chi connectivity index (χ3v) is 4.80. The summed E-state index contributed by atoms with van der Waals surface area (Å²) >= 11 is 1.56. The van der Waals surface area contributed by atoms with Gasteiger partial charge >= 0.3 is 0 Å². The molecule has 3 aromatic rings. The molecule has 0 aliphatic carbocycles. The lowest BCUT2D eigenvalue weighted by Crippen LogP contribution is -2.33. The van der Waals surface area contributed by atoms with E-state index in [1.54, 1.807) is 17.5 Å². The van der Waals surface area contributed by atoms with Crippen molar-refractivity contribution in [2.24, 2.45) is 0 Å². The minimum atomic E-state index is -0.137. The molecule has 0 saturated carbocycles. The summed E-state index contributed by atoms with van der Waals surface area (Å²) in [5.41, 5.74) is 0. The van der Waals surface area contributed by atoms with Crippen molar-refractivity contribution in [3.8, 4) is 34.0 Å². The van der Waals surface area contributed by atoms with E-state index in [0.29, 0.717) is 13.2 Å². The first-order chi connectivity index (χ1) is 12.3.